The number of ether oxygens (including phenoxy) is 1. The molecule has 12 heteroatoms. The molecule has 7 nitrogen and oxygen atoms in total. The van der Waals surface area contributed by atoms with Crippen molar-refractivity contribution in [3.63, 3.8) is 0 Å². The summed E-state index contributed by atoms with van der Waals surface area (Å²) in [5.41, 5.74) is 3.86. The molecule has 0 bridgehead atoms. The summed E-state index contributed by atoms with van der Waals surface area (Å²) in [5, 5.41) is 3.63. The standard InChI is InChI=1S/C32H31ClF3N3O4S/c1-19(2)27-13-10-24(33)17-28(27)39-29(41)18-44-31(39)38-30(42)37-20(3)14-21-4-6-22(7-5-21)15-25(40)16-23-8-11-26(12-9-23)43-32(34,35)36/h4-13,17,19-20H,14-16,18H2,1-3H3,(H,37,42). The zero-order valence-electron chi connectivity index (χ0n) is 24.3. The molecule has 3 aromatic rings. The molecule has 44 heavy (non-hydrogen) atoms. The molecule has 1 aliphatic rings. The van der Waals surface area contributed by atoms with Crippen molar-refractivity contribution < 1.29 is 32.3 Å². The van der Waals surface area contributed by atoms with Crippen molar-refractivity contribution in [2.24, 2.45) is 4.99 Å². The largest absolute Gasteiger partial charge is 0.573 e. The zero-order valence-corrected chi connectivity index (χ0v) is 25.9. The van der Waals surface area contributed by atoms with Gasteiger partial charge < -0.3 is 10.1 Å². The smallest absolute Gasteiger partial charge is 0.406 e. The van der Waals surface area contributed by atoms with Gasteiger partial charge in [0.15, 0.2) is 5.17 Å². The molecule has 1 fully saturated rings. The Balaban J connectivity index is 1.31. The molecule has 0 radical (unpaired) electrons. The fourth-order valence-corrected chi connectivity index (χ4v) is 5.76. The number of benzene rings is 3. The minimum Gasteiger partial charge on any atom is -0.406 e. The number of carbonyl (C=O) groups excluding carboxylic acids is 3. The number of alkyl halides is 3. The first-order valence-corrected chi connectivity index (χ1v) is 15.2. The highest BCUT2D eigenvalue weighted by molar-refractivity contribution is 8.15. The lowest BCUT2D eigenvalue weighted by molar-refractivity contribution is -0.274. The molecular formula is C32H31ClF3N3O4S. The zero-order chi connectivity index (χ0) is 32.0. The van der Waals surface area contributed by atoms with E-state index in [0.717, 1.165) is 16.7 Å². The van der Waals surface area contributed by atoms with Gasteiger partial charge in [0.05, 0.1) is 11.4 Å². The van der Waals surface area contributed by atoms with E-state index in [1.165, 1.54) is 40.9 Å². The third kappa shape index (κ3) is 9.33. The summed E-state index contributed by atoms with van der Waals surface area (Å²) in [6, 6.07) is 17.2. The van der Waals surface area contributed by atoms with Gasteiger partial charge in [-0.3, -0.25) is 14.5 Å². The Hall–Kier alpha value is -3.83. The third-order valence-corrected chi connectivity index (χ3v) is 7.87. The Kier molecular flexibility index (Phi) is 10.7. The van der Waals surface area contributed by atoms with Crippen molar-refractivity contribution in [3.05, 3.63) is 94.0 Å². The molecule has 3 amide bonds. The first-order chi connectivity index (χ1) is 20.8. The van der Waals surface area contributed by atoms with Gasteiger partial charge in [-0.25, -0.2) is 4.79 Å². The van der Waals surface area contributed by atoms with Crippen molar-refractivity contribution in [1.82, 2.24) is 5.32 Å². The predicted octanol–water partition coefficient (Wildman–Crippen LogP) is 7.49. The second-order valence-electron chi connectivity index (χ2n) is 10.7. The maximum Gasteiger partial charge on any atom is 0.573 e. The number of hydrogen-bond donors (Lipinski definition) is 1. The number of amidine groups is 1. The van der Waals surface area contributed by atoms with Gasteiger partial charge in [-0.15, -0.1) is 13.2 Å². The summed E-state index contributed by atoms with van der Waals surface area (Å²) in [5.74, 6) is -0.301. The average molecular weight is 646 g/mol. The lowest BCUT2D eigenvalue weighted by Crippen LogP contribution is -2.35. The van der Waals surface area contributed by atoms with Crippen LogP contribution in [-0.4, -0.2) is 41.0 Å². The summed E-state index contributed by atoms with van der Waals surface area (Å²) in [7, 11) is 0. The molecule has 232 valence electrons. The van der Waals surface area contributed by atoms with Gasteiger partial charge in [0.25, 0.3) is 0 Å². The minimum atomic E-state index is -4.77. The highest BCUT2D eigenvalue weighted by atomic mass is 35.5. The molecule has 1 unspecified atom stereocenters. The molecule has 0 aliphatic carbocycles. The normalized spacial score (nSPS) is 15.1. The minimum absolute atomic E-state index is 0.0804. The van der Waals surface area contributed by atoms with Crippen LogP contribution in [0, 0.1) is 0 Å². The Morgan fingerprint density at radius 1 is 0.977 bits per heavy atom. The highest BCUT2D eigenvalue weighted by Gasteiger charge is 2.33. The first kappa shape index (κ1) is 33.1. The fraction of sp³-hybridized carbons (Fsp3) is 0.312. The number of rotatable bonds is 10. The quantitative estimate of drug-likeness (QED) is 0.247. The second kappa shape index (κ2) is 14.3. The topological polar surface area (TPSA) is 88.1 Å². The number of urea groups is 1. The van der Waals surface area contributed by atoms with Crippen LogP contribution >= 0.6 is 23.4 Å². The van der Waals surface area contributed by atoms with Crippen LogP contribution in [0.25, 0.3) is 0 Å². The molecule has 4 rings (SSSR count). The van der Waals surface area contributed by atoms with Gasteiger partial charge in [0, 0.05) is 23.9 Å². The Labute approximate surface area is 262 Å². The SMILES string of the molecule is CC(Cc1ccc(CC(=O)Cc2ccc(OC(F)(F)F)cc2)cc1)NC(=O)N=C1SCC(=O)N1c1cc(Cl)ccc1C(C)C. The van der Waals surface area contributed by atoms with E-state index >= 15 is 0 Å². The molecule has 1 atom stereocenters. The lowest BCUT2D eigenvalue weighted by atomic mass is 10.00. The Morgan fingerprint density at radius 2 is 1.57 bits per heavy atom. The van der Waals surface area contributed by atoms with E-state index in [0.29, 0.717) is 27.9 Å². The van der Waals surface area contributed by atoms with Crippen molar-refractivity contribution >= 4 is 51.9 Å². The molecule has 0 aromatic heterocycles. The van der Waals surface area contributed by atoms with E-state index in [1.54, 1.807) is 12.1 Å². The number of nitrogens with zero attached hydrogens (tertiary/aromatic N) is 2. The van der Waals surface area contributed by atoms with E-state index in [1.807, 2.05) is 51.1 Å². The van der Waals surface area contributed by atoms with E-state index < -0.39 is 12.4 Å². The van der Waals surface area contributed by atoms with E-state index in [9.17, 15) is 27.6 Å². The van der Waals surface area contributed by atoms with Crippen LogP contribution in [0.2, 0.25) is 5.02 Å². The summed E-state index contributed by atoms with van der Waals surface area (Å²) in [4.78, 5) is 43.7. The number of ketones is 1. The van der Waals surface area contributed by atoms with Gasteiger partial charge in [-0.05, 0) is 65.8 Å². The molecule has 0 saturated carbocycles. The first-order valence-electron chi connectivity index (χ1n) is 13.9. The van der Waals surface area contributed by atoms with Crippen LogP contribution in [0.1, 0.15) is 48.9 Å². The third-order valence-electron chi connectivity index (χ3n) is 6.71. The average Bonchev–Trinajstić information content (AvgIpc) is 3.28. The van der Waals surface area contributed by atoms with Gasteiger partial charge in [0.1, 0.15) is 11.5 Å². The van der Waals surface area contributed by atoms with Crippen LogP contribution in [0.5, 0.6) is 5.75 Å². The number of aliphatic imine (C=N–C) groups is 1. The lowest BCUT2D eigenvalue weighted by Gasteiger charge is -2.22. The van der Waals surface area contributed by atoms with Crippen molar-refractivity contribution in [2.75, 3.05) is 10.7 Å². The van der Waals surface area contributed by atoms with Gasteiger partial charge >= 0.3 is 12.4 Å². The number of thioether (sulfide) groups is 1. The van der Waals surface area contributed by atoms with Crippen LogP contribution in [0.4, 0.5) is 23.7 Å². The highest BCUT2D eigenvalue weighted by Crippen LogP contribution is 2.35. The summed E-state index contributed by atoms with van der Waals surface area (Å²) < 4.78 is 40.8. The number of anilines is 1. The maximum atomic E-state index is 12.8. The summed E-state index contributed by atoms with van der Waals surface area (Å²) in [6.07, 6.45) is -4.01. The molecule has 1 heterocycles. The van der Waals surface area contributed by atoms with Crippen LogP contribution in [0.3, 0.4) is 0 Å². The second-order valence-corrected chi connectivity index (χ2v) is 12.1. The Morgan fingerprint density at radius 3 is 2.16 bits per heavy atom. The van der Waals surface area contributed by atoms with Gasteiger partial charge in [-0.1, -0.05) is 79.7 Å². The van der Waals surface area contributed by atoms with E-state index in [4.69, 9.17) is 11.6 Å². The summed E-state index contributed by atoms with van der Waals surface area (Å²) >= 11 is 7.42. The number of amides is 3. The molecule has 1 N–H and O–H groups in total. The van der Waals surface area contributed by atoms with Crippen molar-refractivity contribution in [3.8, 4) is 5.75 Å². The number of hydrogen-bond acceptors (Lipinski definition) is 5. The van der Waals surface area contributed by atoms with Crippen molar-refractivity contribution in [1.29, 1.82) is 0 Å². The van der Waals surface area contributed by atoms with Gasteiger partial charge in [-0.2, -0.15) is 4.99 Å². The number of nitrogens with one attached hydrogen (secondary N) is 1. The molecule has 0 spiro atoms. The number of halogens is 4. The van der Waals surface area contributed by atoms with Crippen LogP contribution in [0.15, 0.2) is 71.7 Å². The maximum absolute atomic E-state index is 12.8. The molecular weight excluding hydrogens is 615 g/mol. The Bertz CT molecular complexity index is 1540. The number of carbonyl (C=O) groups is 3. The molecule has 3 aromatic carbocycles. The summed E-state index contributed by atoms with van der Waals surface area (Å²) in [6.45, 7) is 5.87. The van der Waals surface area contributed by atoms with Crippen LogP contribution < -0.4 is 15.0 Å². The molecule has 1 saturated heterocycles. The van der Waals surface area contributed by atoms with E-state index in [-0.39, 0.29) is 48.0 Å². The van der Waals surface area contributed by atoms with E-state index in [2.05, 4.69) is 15.0 Å². The van der Waals surface area contributed by atoms with Gasteiger partial charge in [0.2, 0.25) is 5.91 Å². The van der Waals surface area contributed by atoms with Crippen molar-refractivity contribution in [2.45, 2.75) is 58.4 Å². The monoisotopic (exact) mass is 645 g/mol. The molecule has 1 aliphatic heterocycles. The predicted molar refractivity (Wildman–Crippen MR) is 167 cm³/mol. The van der Waals surface area contributed by atoms with Crippen LogP contribution in [-0.2, 0) is 28.9 Å². The fourth-order valence-electron chi connectivity index (χ4n) is 4.73. The number of Topliss-reactive ketones (excluding diaryl/α,β-unsaturated/α-hetero) is 1.